The number of nitrogens with zero attached hydrogens (tertiary/aromatic N) is 1. The Hall–Kier alpha value is -3.56. The van der Waals surface area contributed by atoms with E-state index in [0.29, 0.717) is 18.0 Å². The van der Waals surface area contributed by atoms with Crippen LogP contribution in [0.2, 0.25) is 0 Å². The van der Waals surface area contributed by atoms with Crippen LogP contribution in [-0.2, 0) is 10.0 Å². The van der Waals surface area contributed by atoms with Crippen molar-refractivity contribution in [1.29, 1.82) is 0 Å². The topological polar surface area (TPSA) is 88.1 Å². The molecular weight excluding hydrogens is 507 g/mol. The highest BCUT2D eigenvalue weighted by atomic mass is 32.2. The molecule has 2 N–H and O–H groups in total. The van der Waals surface area contributed by atoms with Crippen molar-refractivity contribution in [3.63, 3.8) is 0 Å². The minimum absolute atomic E-state index is 0.150. The van der Waals surface area contributed by atoms with Crippen LogP contribution in [0, 0.1) is 5.92 Å². The normalized spacial score (nSPS) is 17.9. The van der Waals surface area contributed by atoms with Crippen molar-refractivity contribution in [1.82, 2.24) is 4.90 Å². The molecule has 38 heavy (non-hydrogen) atoms. The number of fused-ring (bicyclic) bond motifs is 1. The van der Waals surface area contributed by atoms with Crippen LogP contribution in [0.3, 0.4) is 0 Å². The smallest absolute Gasteiger partial charge is 0.229 e. The van der Waals surface area contributed by atoms with E-state index in [1.54, 1.807) is 30.3 Å². The van der Waals surface area contributed by atoms with Crippen LogP contribution >= 0.6 is 0 Å². The first kappa shape index (κ1) is 26.1. The first-order valence-corrected chi connectivity index (χ1v) is 14.4. The number of sulfonamides is 1. The van der Waals surface area contributed by atoms with Gasteiger partial charge >= 0.3 is 0 Å². The molecule has 0 unspecified atom stereocenters. The molecule has 5 rings (SSSR count). The van der Waals surface area contributed by atoms with Gasteiger partial charge in [-0.2, -0.15) is 0 Å². The molecule has 0 amide bonds. The number of halogens is 1. The van der Waals surface area contributed by atoms with Gasteiger partial charge in [0.2, 0.25) is 10.0 Å². The summed E-state index contributed by atoms with van der Waals surface area (Å²) in [7, 11) is -3.39. The Bertz CT molecular complexity index is 1430. The molecule has 2 aliphatic rings. The predicted octanol–water partition coefficient (Wildman–Crippen LogP) is 5.11. The maximum atomic E-state index is 12.6. The number of ether oxygens (including phenoxy) is 2. The SMILES string of the molecule is CC1=C(c2ccc(NS(C)(=O)=O)cc2)[C@@H](c2ccc(OCCN3CC(CF)C3)cc2)Oc2ccc(O)cc21. The first-order valence-electron chi connectivity index (χ1n) is 12.5. The Balaban J connectivity index is 1.39. The number of hydrogen-bond acceptors (Lipinski definition) is 6. The van der Waals surface area contributed by atoms with Crippen LogP contribution in [0.1, 0.15) is 29.7 Å². The van der Waals surface area contributed by atoms with E-state index in [1.165, 1.54) is 0 Å². The molecule has 0 saturated carbocycles. The lowest BCUT2D eigenvalue weighted by atomic mass is 9.86. The van der Waals surface area contributed by atoms with E-state index in [-0.39, 0.29) is 18.3 Å². The van der Waals surface area contributed by atoms with Gasteiger partial charge in [0.05, 0.1) is 12.9 Å². The Labute approximate surface area is 222 Å². The molecule has 0 bridgehead atoms. The second-order valence-electron chi connectivity index (χ2n) is 9.87. The number of likely N-dealkylation sites (tertiary alicyclic amines) is 1. The molecule has 2 heterocycles. The minimum Gasteiger partial charge on any atom is -0.508 e. The van der Waals surface area contributed by atoms with E-state index in [0.717, 1.165) is 59.5 Å². The molecule has 1 saturated heterocycles. The second-order valence-corrected chi connectivity index (χ2v) is 11.6. The Morgan fingerprint density at radius 3 is 2.45 bits per heavy atom. The molecule has 7 nitrogen and oxygen atoms in total. The van der Waals surface area contributed by atoms with E-state index in [9.17, 15) is 17.9 Å². The van der Waals surface area contributed by atoms with Gasteiger partial charge in [0.1, 0.15) is 30.0 Å². The molecule has 9 heteroatoms. The van der Waals surface area contributed by atoms with Crippen LogP contribution in [0.5, 0.6) is 17.2 Å². The molecule has 200 valence electrons. The highest BCUT2D eigenvalue weighted by molar-refractivity contribution is 7.92. The fourth-order valence-electron chi connectivity index (χ4n) is 4.96. The summed E-state index contributed by atoms with van der Waals surface area (Å²) in [5, 5.41) is 10.1. The summed E-state index contributed by atoms with van der Waals surface area (Å²) in [4.78, 5) is 2.18. The predicted molar refractivity (Wildman–Crippen MR) is 147 cm³/mol. The zero-order valence-corrected chi connectivity index (χ0v) is 22.2. The number of anilines is 1. The van der Waals surface area contributed by atoms with Crippen molar-refractivity contribution in [3.8, 4) is 17.2 Å². The van der Waals surface area contributed by atoms with E-state index in [1.807, 2.05) is 43.3 Å². The molecule has 1 atom stereocenters. The van der Waals surface area contributed by atoms with Crippen molar-refractivity contribution >= 4 is 26.9 Å². The number of hydrogen-bond donors (Lipinski definition) is 2. The summed E-state index contributed by atoms with van der Waals surface area (Å²) in [5.74, 6) is 1.73. The van der Waals surface area contributed by atoms with Gasteiger partial charge in [-0.1, -0.05) is 24.3 Å². The molecule has 0 spiro atoms. The summed E-state index contributed by atoms with van der Waals surface area (Å²) in [6.07, 6.45) is 0.691. The van der Waals surface area contributed by atoms with Crippen LogP contribution in [-0.4, -0.2) is 57.6 Å². The number of benzene rings is 3. The third-order valence-electron chi connectivity index (χ3n) is 6.89. The van der Waals surface area contributed by atoms with Gasteiger partial charge in [0.15, 0.2) is 0 Å². The number of nitrogens with one attached hydrogen (secondary N) is 1. The van der Waals surface area contributed by atoms with E-state index in [2.05, 4.69) is 9.62 Å². The first-order chi connectivity index (χ1) is 18.2. The zero-order valence-electron chi connectivity index (χ0n) is 21.4. The van der Waals surface area contributed by atoms with Crippen LogP contribution in [0.15, 0.2) is 66.7 Å². The summed E-state index contributed by atoms with van der Waals surface area (Å²) in [6, 6.07) is 20.0. The molecule has 3 aromatic rings. The number of alkyl halides is 1. The van der Waals surface area contributed by atoms with Crippen LogP contribution < -0.4 is 14.2 Å². The zero-order chi connectivity index (χ0) is 26.9. The lowest BCUT2D eigenvalue weighted by molar-refractivity contribution is 0.0668. The summed E-state index contributed by atoms with van der Waals surface area (Å²) in [6.45, 7) is 4.61. The Morgan fingerprint density at radius 1 is 1.08 bits per heavy atom. The van der Waals surface area contributed by atoms with Gasteiger partial charge in [-0.25, -0.2) is 8.42 Å². The fraction of sp³-hybridized carbons (Fsp3) is 0.310. The van der Waals surface area contributed by atoms with Crippen molar-refractivity contribution < 1.29 is 27.4 Å². The Morgan fingerprint density at radius 2 is 1.79 bits per heavy atom. The quantitative estimate of drug-likeness (QED) is 0.394. The molecule has 0 aliphatic carbocycles. The third-order valence-corrected chi connectivity index (χ3v) is 7.49. The van der Waals surface area contributed by atoms with Gasteiger partial charge in [-0.15, -0.1) is 0 Å². The average Bonchev–Trinajstić information content (AvgIpc) is 2.86. The summed E-state index contributed by atoms with van der Waals surface area (Å²) >= 11 is 0. The molecule has 0 aromatic heterocycles. The number of rotatable bonds is 9. The monoisotopic (exact) mass is 538 g/mol. The number of phenols is 1. The van der Waals surface area contributed by atoms with Gasteiger partial charge in [0, 0.05) is 42.4 Å². The lowest BCUT2D eigenvalue weighted by Gasteiger charge is -2.37. The van der Waals surface area contributed by atoms with Crippen molar-refractivity contribution in [2.24, 2.45) is 5.92 Å². The number of allylic oxidation sites excluding steroid dienone is 1. The van der Waals surface area contributed by atoms with Gasteiger partial charge < -0.3 is 14.6 Å². The van der Waals surface area contributed by atoms with E-state index < -0.39 is 16.1 Å². The van der Waals surface area contributed by atoms with Gasteiger partial charge in [0.25, 0.3) is 0 Å². The lowest BCUT2D eigenvalue weighted by Crippen LogP contribution is -2.49. The van der Waals surface area contributed by atoms with Crippen molar-refractivity contribution in [2.75, 3.05) is 43.9 Å². The molecular formula is C29H31FN2O5S. The van der Waals surface area contributed by atoms with E-state index >= 15 is 0 Å². The minimum atomic E-state index is -3.39. The Kier molecular flexibility index (Phi) is 7.32. The highest BCUT2D eigenvalue weighted by Gasteiger charge is 2.30. The van der Waals surface area contributed by atoms with Crippen molar-refractivity contribution in [3.05, 3.63) is 83.4 Å². The fourth-order valence-corrected chi connectivity index (χ4v) is 5.53. The van der Waals surface area contributed by atoms with Crippen molar-refractivity contribution in [2.45, 2.75) is 13.0 Å². The maximum absolute atomic E-state index is 12.6. The van der Waals surface area contributed by atoms with E-state index in [4.69, 9.17) is 9.47 Å². The maximum Gasteiger partial charge on any atom is 0.229 e. The summed E-state index contributed by atoms with van der Waals surface area (Å²) in [5.41, 5.74) is 4.95. The van der Waals surface area contributed by atoms with Crippen LogP contribution in [0.4, 0.5) is 10.1 Å². The van der Waals surface area contributed by atoms with Gasteiger partial charge in [-0.05, 0) is 66.1 Å². The van der Waals surface area contributed by atoms with Gasteiger partial charge in [-0.3, -0.25) is 14.0 Å². The molecule has 0 radical (unpaired) electrons. The second kappa shape index (κ2) is 10.7. The molecule has 3 aromatic carbocycles. The highest BCUT2D eigenvalue weighted by Crippen LogP contribution is 2.47. The average molecular weight is 539 g/mol. The third kappa shape index (κ3) is 5.79. The molecule has 1 fully saturated rings. The van der Waals surface area contributed by atoms with Crippen LogP contribution in [0.25, 0.3) is 11.1 Å². The summed E-state index contributed by atoms with van der Waals surface area (Å²) < 4.78 is 50.7. The number of phenolic OH excluding ortho intramolecular Hbond substituents is 1. The molecule has 2 aliphatic heterocycles. The number of aromatic hydroxyl groups is 1. The largest absolute Gasteiger partial charge is 0.508 e. The standard InChI is InChI=1S/C29H31FN2O5S/c1-19-26-15-24(33)9-12-27(26)37-29(28(19)21-3-7-23(8-4-21)31-38(2,34)35)22-5-10-25(11-6-22)36-14-13-32-17-20(16-30)18-32/h3-12,15,20,29,31,33H,13-14,16-18H2,1-2H3/t29-/m1/s1.